The van der Waals surface area contributed by atoms with Crippen LogP contribution in [0.25, 0.3) is 0 Å². The summed E-state index contributed by atoms with van der Waals surface area (Å²) in [5, 5.41) is 0. The largest absolute Gasteiger partial charge is 0.328 e. The number of benzene rings is 2. The number of hydrazine groups is 1. The van der Waals surface area contributed by atoms with E-state index in [9.17, 15) is 14.0 Å². The number of thioether (sulfide) groups is 1. The Kier molecular flexibility index (Phi) is 6.26. The summed E-state index contributed by atoms with van der Waals surface area (Å²) in [7, 11) is 1.74. The van der Waals surface area contributed by atoms with E-state index in [1.54, 1.807) is 24.1 Å². The van der Waals surface area contributed by atoms with Crippen molar-refractivity contribution in [1.82, 2.24) is 15.8 Å². The highest BCUT2D eigenvalue weighted by Gasteiger charge is 2.29. The number of nitrogens with zero attached hydrogens (tertiary/aromatic N) is 1. The van der Waals surface area contributed by atoms with Crippen LogP contribution in [-0.2, 0) is 4.79 Å². The van der Waals surface area contributed by atoms with Gasteiger partial charge in [-0.1, -0.05) is 36.4 Å². The number of ketones is 1. The van der Waals surface area contributed by atoms with Gasteiger partial charge in [0.1, 0.15) is 5.82 Å². The molecule has 5 nitrogen and oxygen atoms in total. The summed E-state index contributed by atoms with van der Waals surface area (Å²) in [5.41, 5.74) is 7.86. The third-order valence-corrected chi connectivity index (χ3v) is 5.67. The molecule has 1 saturated heterocycles. The Morgan fingerprint density at radius 3 is 2.59 bits per heavy atom. The van der Waals surface area contributed by atoms with Crippen LogP contribution in [0, 0.1) is 5.82 Å². The second-order valence-corrected chi connectivity index (χ2v) is 7.52. The van der Waals surface area contributed by atoms with Crippen molar-refractivity contribution in [2.45, 2.75) is 30.4 Å². The van der Waals surface area contributed by atoms with Gasteiger partial charge in [-0.15, -0.1) is 11.8 Å². The molecule has 2 aromatic carbocycles. The fourth-order valence-corrected chi connectivity index (χ4v) is 3.79. The van der Waals surface area contributed by atoms with E-state index in [-0.39, 0.29) is 29.7 Å². The standard InChI is InChI=1S/C20H22FN3O2S/c1-13(25)15-8-9-18(16(21)10-15)27-12-20(26)24(2)19-11-17(22-23-19)14-6-4-3-5-7-14/h3-10,17,19,22-23H,11-12H2,1-2H3. The SMILES string of the molecule is CC(=O)c1ccc(SCC(=O)N(C)C2CC(c3ccccc3)NN2)c(F)c1. The van der Waals surface area contributed by atoms with Crippen LogP contribution in [0.4, 0.5) is 4.39 Å². The van der Waals surface area contributed by atoms with E-state index in [4.69, 9.17) is 0 Å². The van der Waals surface area contributed by atoms with Crippen molar-refractivity contribution in [3.63, 3.8) is 0 Å². The maximum absolute atomic E-state index is 14.1. The number of hydrogen-bond acceptors (Lipinski definition) is 5. The highest BCUT2D eigenvalue weighted by molar-refractivity contribution is 8.00. The number of nitrogens with one attached hydrogen (secondary N) is 2. The average molecular weight is 387 g/mol. The number of Topliss-reactive ketones (excluding diaryl/α,β-unsaturated/α-hetero) is 1. The molecule has 0 radical (unpaired) electrons. The van der Waals surface area contributed by atoms with Crippen LogP contribution in [-0.4, -0.2) is 35.6 Å². The molecule has 3 rings (SSSR count). The van der Waals surface area contributed by atoms with Crippen molar-refractivity contribution in [1.29, 1.82) is 0 Å². The van der Waals surface area contributed by atoms with E-state index < -0.39 is 5.82 Å². The molecule has 2 N–H and O–H groups in total. The van der Waals surface area contributed by atoms with Gasteiger partial charge in [0.2, 0.25) is 5.91 Å². The minimum Gasteiger partial charge on any atom is -0.328 e. The summed E-state index contributed by atoms with van der Waals surface area (Å²) < 4.78 is 14.1. The van der Waals surface area contributed by atoms with Crippen molar-refractivity contribution in [3.8, 4) is 0 Å². The molecule has 2 unspecified atom stereocenters. The van der Waals surface area contributed by atoms with Crippen LogP contribution in [0.3, 0.4) is 0 Å². The molecular formula is C20H22FN3O2S. The topological polar surface area (TPSA) is 61.4 Å². The molecule has 1 fully saturated rings. The number of amides is 1. The summed E-state index contributed by atoms with van der Waals surface area (Å²) in [6, 6.07) is 14.5. The minimum absolute atomic E-state index is 0.0944. The molecule has 1 heterocycles. The molecule has 1 aliphatic rings. The first-order valence-electron chi connectivity index (χ1n) is 8.70. The van der Waals surface area contributed by atoms with Crippen molar-refractivity contribution in [2.24, 2.45) is 0 Å². The number of halogens is 1. The van der Waals surface area contributed by atoms with Gasteiger partial charge in [0, 0.05) is 30.0 Å². The summed E-state index contributed by atoms with van der Waals surface area (Å²) in [6.45, 7) is 1.39. The van der Waals surface area contributed by atoms with Crippen LogP contribution in [0.15, 0.2) is 53.4 Å². The lowest BCUT2D eigenvalue weighted by Crippen LogP contribution is -2.46. The van der Waals surface area contributed by atoms with Gasteiger partial charge < -0.3 is 4.90 Å². The Balaban J connectivity index is 1.55. The second kappa shape index (κ2) is 8.65. The third-order valence-electron chi connectivity index (χ3n) is 4.64. The highest BCUT2D eigenvalue weighted by Crippen LogP contribution is 2.26. The first-order chi connectivity index (χ1) is 13.0. The molecule has 142 valence electrons. The molecule has 0 aromatic heterocycles. The smallest absolute Gasteiger partial charge is 0.233 e. The van der Waals surface area contributed by atoms with Crippen molar-refractivity contribution in [2.75, 3.05) is 12.8 Å². The first-order valence-corrected chi connectivity index (χ1v) is 9.69. The predicted octanol–water partition coefficient (Wildman–Crippen LogP) is 3.14. The zero-order valence-electron chi connectivity index (χ0n) is 15.2. The number of rotatable bonds is 6. The Labute approximate surface area is 162 Å². The summed E-state index contributed by atoms with van der Waals surface area (Å²) in [4.78, 5) is 25.8. The maximum Gasteiger partial charge on any atom is 0.233 e. The van der Waals surface area contributed by atoms with Gasteiger partial charge in [0.25, 0.3) is 0 Å². The Bertz CT molecular complexity index is 831. The van der Waals surface area contributed by atoms with Gasteiger partial charge in [-0.25, -0.2) is 15.2 Å². The molecule has 1 amide bonds. The second-order valence-electron chi connectivity index (χ2n) is 6.50. The molecule has 1 aliphatic heterocycles. The van der Waals surface area contributed by atoms with Gasteiger partial charge in [-0.3, -0.25) is 9.59 Å². The number of carbonyl (C=O) groups excluding carboxylic acids is 2. The Morgan fingerprint density at radius 2 is 1.93 bits per heavy atom. The molecule has 7 heteroatoms. The van der Waals surface area contributed by atoms with Gasteiger partial charge >= 0.3 is 0 Å². The monoisotopic (exact) mass is 387 g/mol. The van der Waals surface area contributed by atoms with Crippen molar-refractivity contribution < 1.29 is 14.0 Å². The lowest BCUT2D eigenvalue weighted by molar-refractivity contribution is -0.129. The molecule has 2 atom stereocenters. The van der Waals surface area contributed by atoms with Crippen LogP contribution in [0.1, 0.15) is 35.3 Å². The van der Waals surface area contributed by atoms with E-state index in [1.165, 1.54) is 13.0 Å². The molecular weight excluding hydrogens is 365 g/mol. The lowest BCUT2D eigenvalue weighted by Gasteiger charge is -2.24. The Hall–Kier alpha value is -2.22. The number of hydrogen-bond donors (Lipinski definition) is 2. The molecule has 0 aliphatic carbocycles. The van der Waals surface area contributed by atoms with Crippen LogP contribution in [0.2, 0.25) is 0 Å². The number of carbonyl (C=O) groups is 2. The van der Waals surface area contributed by atoms with E-state index in [0.29, 0.717) is 10.5 Å². The lowest BCUT2D eigenvalue weighted by atomic mass is 10.0. The quantitative estimate of drug-likeness (QED) is 0.589. The highest BCUT2D eigenvalue weighted by atomic mass is 32.2. The maximum atomic E-state index is 14.1. The van der Waals surface area contributed by atoms with Crippen LogP contribution >= 0.6 is 11.8 Å². The summed E-state index contributed by atoms with van der Waals surface area (Å²) in [6.07, 6.45) is 0.617. The van der Waals surface area contributed by atoms with Gasteiger partial charge in [0.05, 0.1) is 11.9 Å². The molecule has 2 aromatic rings. The minimum atomic E-state index is -0.479. The van der Waals surface area contributed by atoms with E-state index >= 15 is 0 Å². The van der Waals surface area contributed by atoms with E-state index in [1.807, 2.05) is 30.3 Å². The molecule has 0 spiro atoms. The fourth-order valence-electron chi connectivity index (χ4n) is 2.95. The van der Waals surface area contributed by atoms with Crippen molar-refractivity contribution in [3.05, 3.63) is 65.5 Å². The van der Waals surface area contributed by atoms with Gasteiger partial charge in [0.15, 0.2) is 5.78 Å². The summed E-state index contributed by atoms with van der Waals surface area (Å²) >= 11 is 1.13. The Morgan fingerprint density at radius 1 is 1.19 bits per heavy atom. The molecule has 0 bridgehead atoms. The molecule has 0 saturated carbocycles. The first kappa shape index (κ1) is 19.5. The predicted molar refractivity (Wildman–Crippen MR) is 104 cm³/mol. The van der Waals surface area contributed by atoms with E-state index in [2.05, 4.69) is 10.9 Å². The summed E-state index contributed by atoms with van der Waals surface area (Å²) in [5.74, 6) is -0.633. The zero-order chi connectivity index (χ0) is 19.4. The normalized spacial score (nSPS) is 19.1. The van der Waals surface area contributed by atoms with Gasteiger partial charge in [-0.2, -0.15) is 0 Å². The molecule has 27 heavy (non-hydrogen) atoms. The zero-order valence-corrected chi connectivity index (χ0v) is 16.1. The van der Waals surface area contributed by atoms with Crippen LogP contribution in [0.5, 0.6) is 0 Å². The van der Waals surface area contributed by atoms with Gasteiger partial charge in [-0.05, 0) is 24.6 Å². The fraction of sp³-hybridized carbons (Fsp3) is 0.300. The van der Waals surface area contributed by atoms with Crippen molar-refractivity contribution >= 4 is 23.5 Å². The third kappa shape index (κ3) is 4.74. The average Bonchev–Trinajstić information content (AvgIpc) is 3.17. The van der Waals surface area contributed by atoms with E-state index in [0.717, 1.165) is 23.7 Å². The van der Waals surface area contributed by atoms with Crippen LogP contribution < -0.4 is 10.9 Å².